The van der Waals surface area contributed by atoms with Crippen molar-refractivity contribution in [3.63, 3.8) is 0 Å². The van der Waals surface area contributed by atoms with Crippen LogP contribution in [0.4, 0.5) is 0 Å². The Bertz CT molecular complexity index is 265. The van der Waals surface area contributed by atoms with Crippen molar-refractivity contribution in [1.29, 1.82) is 0 Å². The Hall–Kier alpha value is -0.800. The van der Waals surface area contributed by atoms with Gasteiger partial charge in [-0.15, -0.1) is 0 Å². The SMILES string of the molecule is NNC(CCc1ccco1)C1CCCC1. The summed E-state index contributed by atoms with van der Waals surface area (Å²) >= 11 is 0. The predicted octanol–water partition coefficient (Wildman–Crippen LogP) is 2.23. The molecule has 0 amide bonds. The normalized spacial score (nSPS) is 19.5. The minimum Gasteiger partial charge on any atom is -0.469 e. The predicted molar refractivity (Wildman–Crippen MR) is 60.1 cm³/mol. The Labute approximate surface area is 91.0 Å². The van der Waals surface area contributed by atoms with Crippen LogP contribution in [0.25, 0.3) is 0 Å². The summed E-state index contributed by atoms with van der Waals surface area (Å²) in [6.45, 7) is 0. The highest BCUT2D eigenvalue weighted by Gasteiger charge is 2.23. The second-order valence-corrected chi connectivity index (χ2v) is 4.44. The van der Waals surface area contributed by atoms with Crippen LogP contribution in [0, 0.1) is 5.92 Å². The average Bonchev–Trinajstić information content (AvgIpc) is 2.90. The average molecular weight is 208 g/mol. The van der Waals surface area contributed by atoms with Crippen molar-refractivity contribution in [3.8, 4) is 0 Å². The monoisotopic (exact) mass is 208 g/mol. The lowest BCUT2D eigenvalue weighted by atomic mass is 9.94. The van der Waals surface area contributed by atoms with Gasteiger partial charge in [-0.05, 0) is 37.3 Å². The number of hydrogen-bond donors (Lipinski definition) is 2. The van der Waals surface area contributed by atoms with Crippen molar-refractivity contribution in [2.24, 2.45) is 11.8 Å². The van der Waals surface area contributed by atoms with Crippen molar-refractivity contribution < 1.29 is 4.42 Å². The number of rotatable bonds is 5. The lowest BCUT2D eigenvalue weighted by molar-refractivity contribution is 0.336. The molecule has 1 aromatic heterocycles. The van der Waals surface area contributed by atoms with Crippen LogP contribution in [-0.4, -0.2) is 6.04 Å². The molecular weight excluding hydrogens is 188 g/mol. The minimum absolute atomic E-state index is 0.456. The van der Waals surface area contributed by atoms with Gasteiger partial charge in [-0.2, -0.15) is 0 Å². The van der Waals surface area contributed by atoms with Gasteiger partial charge in [0.1, 0.15) is 5.76 Å². The van der Waals surface area contributed by atoms with E-state index in [4.69, 9.17) is 10.3 Å². The van der Waals surface area contributed by atoms with Crippen LogP contribution >= 0.6 is 0 Å². The highest BCUT2D eigenvalue weighted by atomic mass is 16.3. The molecule has 3 N–H and O–H groups in total. The summed E-state index contributed by atoms with van der Waals surface area (Å²) in [6, 6.07) is 4.43. The van der Waals surface area contributed by atoms with Crippen LogP contribution in [0.3, 0.4) is 0 Å². The third-order valence-corrected chi connectivity index (χ3v) is 3.46. The second kappa shape index (κ2) is 5.33. The van der Waals surface area contributed by atoms with Crippen LogP contribution in [0.15, 0.2) is 22.8 Å². The Morgan fingerprint density at radius 3 is 2.87 bits per heavy atom. The van der Waals surface area contributed by atoms with Crippen LogP contribution in [-0.2, 0) is 6.42 Å². The van der Waals surface area contributed by atoms with E-state index < -0.39 is 0 Å². The molecule has 0 spiro atoms. The topological polar surface area (TPSA) is 51.2 Å². The molecule has 3 nitrogen and oxygen atoms in total. The zero-order valence-corrected chi connectivity index (χ0v) is 9.11. The zero-order valence-electron chi connectivity index (χ0n) is 9.11. The zero-order chi connectivity index (χ0) is 10.5. The van der Waals surface area contributed by atoms with E-state index in [2.05, 4.69) is 5.43 Å². The van der Waals surface area contributed by atoms with Gasteiger partial charge in [-0.3, -0.25) is 11.3 Å². The van der Waals surface area contributed by atoms with Crippen LogP contribution in [0.2, 0.25) is 0 Å². The summed E-state index contributed by atoms with van der Waals surface area (Å²) in [7, 11) is 0. The van der Waals surface area contributed by atoms with Crippen molar-refractivity contribution in [2.45, 2.75) is 44.6 Å². The van der Waals surface area contributed by atoms with E-state index in [1.165, 1.54) is 25.7 Å². The highest BCUT2D eigenvalue weighted by molar-refractivity contribution is 4.99. The Kier molecular flexibility index (Phi) is 3.80. The molecular formula is C12H20N2O. The third-order valence-electron chi connectivity index (χ3n) is 3.46. The van der Waals surface area contributed by atoms with Crippen molar-refractivity contribution >= 4 is 0 Å². The van der Waals surface area contributed by atoms with Crippen LogP contribution < -0.4 is 11.3 Å². The number of nitrogens with two attached hydrogens (primary N) is 1. The largest absolute Gasteiger partial charge is 0.469 e. The van der Waals surface area contributed by atoms with E-state index in [1.54, 1.807) is 6.26 Å². The maximum Gasteiger partial charge on any atom is 0.103 e. The first-order valence-corrected chi connectivity index (χ1v) is 5.88. The lowest BCUT2D eigenvalue weighted by Gasteiger charge is -2.21. The molecule has 2 rings (SSSR count). The minimum atomic E-state index is 0.456. The highest BCUT2D eigenvalue weighted by Crippen LogP contribution is 2.29. The van der Waals surface area contributed by atoms with Crippen molar-refractivity contribution in [3.05, 3.63) is 24.2 Å². The second-order valence-electron chi connectivity index (χ2n) is 4.44. The smallest absolute Gasteiger partial charge is 0.103 e. The van der Waals surface area contributed by atoms with Gasteiger partial charge >= 0.3 is 0 Å². The molecule has 0 aliphatic heterocycles. The Morgan fingerprint density at radius 2 is 2.27 bits per heavy atom. The summed E-state index contributed by atoms with van der Waals surface area (Å²) in [6.07, 6.45) is 9.18. The van der Waals surface area contributed by atoms with E-state index in [0.29, 0.717) is 6.04 Å². The number of hydrazine groups is 1. The molecule has 1 saturated carbocycles. The molecule has 84 valence electrons. The molecule has 1 atom stereocenters. The Balaban J connectivity index is 1.80. The van der Waals surface area contributed by atoms with Crippen molar-refractivity contribution in [1.82, 2.24) is 5.43 Å². The maximum absolute atomic E-state index is 5.61. The van der Waals surface area contributed by atoms with Crippen LogP contribution in [0.1, 0.15) is 37.9 Å². The summed E-state index contributed by atoms with van der Waals surface area (Å²) in [5, 5.41) is 0. The number of furan rings is 1. The molecule has 0 saturated heterocycles. The fourth-order valence-electron chi connectivity index (χ4n) is 2.57. The molecule has 0 radical (unpaired) electrons. The van der Waals surface area contributed by atoms with Gasteiger partial charge in [-0.25, -0.2) is 0 Å². The molecule has 1 fully saturated rings. The standard InChI is InChI=1S/C12H20N2O/c13-14-12(10-4-1-2-5-10)8-7-11-6-3-9-15-11/h3,6,9-10,12,14H,1-2,4-5,7-8,13H2. The summed E-state index contributed by atoms with van der Waals surface area (Å²) in [4.78, 5) is 0. The van der Waals surface area contributed by atoms with Gasteiger partial charge < -0.3 is 4.42 Å². The van der Waals surface area contributed by atoms with E-state index in [1.807, 2.05) is 12.1 Å². The first-order chi connectivity index (χ1) is 7.40. The molecule has 0 aromatic carbocycles. The van der Waals surface area contributed by atoms with Gasteiger partial charge in [0, 0.05) is 12.5 Å². The first kappa shape index (κ1) is 10.7. The van der Waals surface area contributed by atoms with Gasteiger partial charge in [0.05, 0.1) is 6.26 Å². The molecule has 1 heterocycles. The summed E-state index contributed by atoms with van der Waals surface area (Å²) in [5.74, 6) is 7.44. The van der Waals surface area contributed by atoms with Gasteiger partial charge in [-0.1, -0.05) is 12.8 Å². The fourth-order valence-corrected chi connectivity index (χ4v) is 2.57. The molecule has 0 bridgehead atoms. The van der Waals surface area contributed by atoms with E-state index in [0.717, 1.165) is 24.5 Å². The lowest BCUT2D eigenvalue weighted by Crippen LogP contribution is -2.40. The van der Waals surface area contributed by atoms with Crippen molar-refractivity contribution in [2.75, 3.05) is 0 Å². The van der Waals surface area contributed by atoms with Gasteiger partial charge in [0.15, 0.2) is 0 Å². The van der Waals surface area contributed by atoms with E-state index >= 15 is 0 Å². The molecule has 1 aliphatic rings. The fraction of sp³-hybridized carbons (Fsp3) is 0.667. The molecule has 1 unspecified atom stereocenters. The first-order valence-electron chi connectivity index (χ1n) is 5.88. The third kappa shape index (κ3) is 2.83. The van der Waals surface area contributed by atoms with E-state index in [9.17, 15) is 0 Å². The number of hydrogen-bond acceptors (Lipinski definition) is 3. The Morgan fingerprint density at radius 1 is 1.47 bits per heavy atom. The molecule has 1 aliphatic carbocycles. The van der Waals surface area contributed by atoms with Gasteiger partial charge in [0.2, 0.25) is 0 Å². The van der Waals surface area contributed by atoms with E-state index in [-0.39, 0.29) is 0 Å². The quantitative estimate of drug-likeness (QED) is 0.576. The molecule has 1 aromatic rings. The molecule has 3 heteroatoms. The summed E-state index contributed by atoms with van der Waals surface area (Å²) in [5.41, 5.74) is 2.96. The van der Waals surface area contributed by atoms with Crippen LogP contribution in [0.5, 0.6) is 0 Å². The molecule has 15 heavy (non-hydrogen) atoms. The number of aryl methyl sites for hydroxylation is 1. The van der Waals surface area contributed by atoms with Gasteiger partial charge in [0.25, 0.3) is 0 Å². The summed E-state index contributed by atoms with van der Waals surface area (Å²) < 4.78 is 5.32. The number of nitrogens with one attached hydrogen (secondary N) is 1. The maximum atomic E-state index is 5.61.